The largest absolute Gasteiger partial charge is 0.485 e. The zero-order valence-corrected chi connectivity index (χ0v) is 17.1. The maximum atomic E-state index is 12.4. The number of ether oxygens (including phenoxy) is 1. The number of halogens is 1. The van der Waals surface area contributed by atoms with Crippen LogP contribution in [0.4, 0.5) is 0 Å². The lowest BCUT2D eigenvalue weighted by Crippen LogP contribution is -2.26. The van der Waals surface area contributed by atoms with Crippen LogP contribution in [0.5, 0.6) is 5.75 Å². The second-order valence-corrected chi connectivity index (χ2v) is 7.79. The highest BCUT2D eigenvalue weighted by Gasteiger charge is 2.13. The number of hydrogen-bond donors (Lipinski definition) is 0. The number of aromatic nitrogens is 3. The predicted molar refractivity (Wildman–Crippen MR) is 112 cm³/mol. The summed E-state index contributed by atoms with van der Waals surface area (Å²) in [5, 5.41) is 4.82. The van der Waals surface area contributed by atoms with Crippen molar-refractivity contribution in [3.8, 4) is 5.75 Å². The second-order valence-electron chi connectivity index (χ2n) is 7.35. The van der Waals surface area contributed by atoms with Gasteiger partial charge in [0.15, 0.2) is 0 Å². The number of rotatable bonds is 6. The summed E-state index contributed by atoms with van der Waals surface area (Å²) in [7, 11) is 2.14. The van der Waals surface area contributed by atoms with Gasteiger partial charge in [0.25, 0.3) is 5.56 Å². The third-order valence-corrected chi connectivity index (χ3v) is 5.33. The van der Waals surface area contributed by atoms with E-state index in [2.05, 4.69) is 40.2 Å². The number of nitrogens with zero attached hydrogens (tertiary/aromatic N) is 4. The van der Waals surface area contributed by atoms with Gasteiger partial charge in [-0.05, 0) is 48.7 Å². The van der Waals surface area contributed by atoms with E-state index in [4.69, 9.17) is 16.3 Å². The van der Waals surface area contributed by atoms with Crippen LogP contribution in [-0.4, -0.2) is 33.3 Å². The molecule has 0 saturated carbocycles. The highest BCUT2D eigenvalue weighted by atomic mass is 35.5. The van der Waals surface area contributed by atoms with Gasteiger partial charge < -0.3 is 9.64 Å². The van der Waals surface area contributed by atoms with Crippen molar-refractivity contribution in [2.75, 3.05) is 13.6 Å². The summed E-state index contributed by atoms with van der Waals surface area (Å²) >= 11 is 5.82. The zero-order valence-electron chi connectivity index (χ0n) is 16.3. The van der Waals surface area contributed by atoms with Gasteiger partial charge in [-0.1, -0.05) is 29.8 Å². The molecule has 0 spiro atoms. The van der Waals surface area contributed by atoms with Crippen molar-refractivity contribution in [1.29, 1.82) is 0 Å². The molecular weight excluding hydrogens is 388 g/mol. The summed E-state index contributed by atoms with van der Waals surface area (Å²) < 4.78 is 7.09. The minimum Gasteiger partial charge on any atom is -0.485 e. The third-order valence-electron chi connectivity index (χ3n) is 5.11. The molecule has 1 aromatic carbocycles. The van der Waals surface area contributed by atoms with E-state index in [1.165, 1.54) is 27.4 Å². The Hall–Kier alpha value is -2.70. The van der Waals surface area contributed by atoms with Crippen LogP contribution in [0.3, 0.4) is 0 Å². The zero-order chi connectivity index (χ0) is 20.2. The summed E-state index contributed by atoms with van der Waals surface area (Å²) in [6, 6.07) is 11.6. The molecule has 0 unspecified atom stereocenters. The molecule has 0 N–H and O–H groups in total. The Bertz CT molecular complexity index is 1050. The molecule has 3 aromatic rings. The highest BCUT2D eigenvalue weighted by molar-refractivity contribution is 6.30. The maximum absolute atomic E-state index is 12.4. The first-order valence-electron chi connectivity index (χ1n) is 9.66. The first kappa shape index (κ1) is 19.6. The van der Waals surface area contributed by atoms with Gasteiger partial charge in [0, 0.05) is 31.9 Å². The lowest BCUT2D eigenvalue weighted by molar-refractivity contribution is 0.297. The minimum absolute atomic E-state index is 0.177. The molecule has 0 bridgehead atoms. The van der Waals surface area contributed by atoms with Gasteiger partial charge in [0.1, 0.15) is 12.4 Å². The topological polar surface area (TPSA) is 60.3 Å². The van der Waals surface area contributed by atoms with Crippen molar-refractivity contribution >= 4 is 11.6 Å². The molecule has 0 fully saturated rings. The number of benzene rings is 1. The van der Waals surface area contributed by atoms with Gasteiger partial charge in [0.05, 0.1) is 16.9 Å². The Morgan fingerprint density at radius 3 is 2.83 bits per heavy atom. The van der Waals surface area contributed by atoms with E-state index in [9.17, 15) is 4.79 Å². The average Bonchev–Trinajstić information content (AvgIpc) is 2.72. The molecule has 6 nitrogen and oxygen atoms in total. The Morgan fingerprint density at radius 2 is 2.03 bits per heavy atom. The van der Waals surface area contributed by atoms with Crippen LogP contribution < -0.4 is 10.3 Å². The SMILES string of the molecule is CN1CCc2ccc(CCn3ncc(OCc4ccc(Cl)cn4)cc3=O)cc2C1. The number of hydrogen-bond acceptors (Lipinski definition) is 5. The lowest BCUT2D eigenvalue weighted by Gasteiger charge is -2.25. The minimum atomic E-state index is -0.177. The molecule has 0 atom stereocenters. The summed E-state index contributed by atoms with van der Waals surface area (Å²) in [6.45, 7) is 2.88. The van der Waals surface area contributed by atoms with Crippen LogP contribution in [0.1, 0.15) is 22.4 Å². The quantitative estimate of drug-likeness (QED) is 0.625. The van der Waals surface area contributed by atoms with Crippen LogP contribution in [0.15, 0.2) is 53.6 Å². The fourth-order valence-electron chi connectivity index (χ4n) is 3.45. The highest BCUT2D eigenvalue weighted by Crippen LogP contribution is 2.20. The molecule has 0 radical (unpaired) electrons. The Balaban J connectivity index is 1.36. The number of fused-ring (bicyclic) bond motifs is 1. The van der Waals surface area contributed by atoms with Crippen molar-refractivity contribution in [3.05, 3.63) is 86.6 Å². The van der Waals surface area contributed by atoms with Crippen LogP contribution in [0.2, 0.25) is 5.02 Å². The first-order valence-corrected chi connectivity index (χ1v) is 10.0. The van der Waals surface area contributed by atoms with Gasteiger partial charge >= 0.3 is 0 Å². The summed E-state index contributed by atoms with van der Waals surface area (Å²) in [4.78, 5) is 18.9. The average molecular weight is 411 g/mol. The third kappa shape index (κ3) is 5.02. The van der Waals surface area contributed by atoms with Crippen LogP contribution in [-0.2, 0) is 32.5 Å². The smallest absolute Gasteiger partial charge is 0.270 e. The number of likely N-dealkylation sites (N-methyl/N-ethyl adjacent to an activating group) is 1. The van der Waals surface area contributed by atoms with Crippen LogP contribution in [0, 0.1) is 0 Å². The van der Waals surface area contributed by atoms with Crippen molar-refractivity contribution < 1.29 is 4.74 Å². The molecular formula is C22H23ClN4O2. The van der Waals surface area contributed by atoms with Gasteiger partial charge in [0.2, 0.25) is 0 Å². The van der Waals surface area contributed by atoms with E-state index in [1.807, 2.05) is 0 Å². The number of aryl methyl sites for hydroxylation is 2. The fourth-order valence-corrected chi connectivity index (χ4v) is 3.57. The summed E-state index contributed by atoms with van der Waals surface area (Å²) in [6.07, 6.45) is 4.99. The van der Waals surface area contributed by atoms with Crippen LogP contribution >= 0.6 is 11.6 Å². The van der Waals surface area contributed by atoms with Crippen molar-refractivity contribution in [2.45, 2.75) is 32.5 Å². The molecule has 29 heavy (non-hydrogen) atoms. The molecule has 7 heteroatoms. The van der Waals surface area contributed by atoms with E-state index in [0.717, 1.165) is 31.6 Å². The van der Waals surface area contributed by atoms with Crippen LogP contribution in [0.25, 0.3) is 0 Å². The maximum Gasteiger partial charge on any atom is 0.270 e. The first-order chi connectivity index (χ1) is 14.1. The van der Waals surface area contributed by atoms with E-state index in [1.54, 1.807) is 24.5 Å². The molecule has 4 rings (SSSR count). The van der Waals surface area contributed by atoms with E-state index < -0.39 is 0 Å². The predicted octanol–water partition coefficient (Wildman–Crippen LogP) is 3.10. The summed E-state index contributed by atoms with van der Waals surface area (Å²) in [5.41, 5.74) is 4.60. The van der Waals surface area contributed by atoms with E-state index in [0.29, 0.717) is 17.3 Å². The Kier molecular flexibility index (Phi) is 5.92. The lowest BCUT2D eigenvalue weighted by atomic mass is 9.97. The molecule has 0 amide bonds. The fraction of sp³-hybridized carbons (Fsp3) is 0.318. The Morgan fingerprint density at radius 1 is 1.14 bits per heavy atom. The van der Waals surface area contributed by atoms with Gasteiger partial charge in [-0.15, -0.1) is 0 Å². The second kappa shape index (κ2) is 8.76. The van der Waals surface area contributed by atoms with Gasteiger partial charge in [-0.2, -0.15) is 5.10 Å². The monoisotopic (exact) mass is 410 g/mol. The molecule has 2 aromatic heterocycles. The Labute approximate surface area is 174 Å². The van der Waals surface area contributed by atoms with E-state index >= 15 is 0 Å². The van der Waals surface area contributed by atoms with Gasteiger partial charge in [-0.3, -0.25) is 9.78 Å². The van der Waals surface area contributed by atoms with Crippen molar-refractivity contribution in [2.24, 2.45) is 0 Å². The molecule has 0 aliphatic carbocycles. The molecule has 3 heterocycles. The molecule has 150 valence electrons. The molecule has 1 aliphatic heterocycles. The van der Waals surface area contributed by atoms with Crippen molar-refractivity contribution in [1.82, 2.24) is 19.7 Å². The number of pyridine rings is 1. The normalized spacial score (nSPS) is 13.9. The molecule has 1 aliphatic rings. The van der Waals surface area contributed by atoms with Gasteiger partial charge in [-0.25, -0.2) is 4.68 Å². The molecule has 0 saturated heterocycles. The van der Waals surface area contributed by atoms with E-state index in [-0.39, 0.29) is 12.2 Å². The van der Waals surface area contributed by atoms with Crippen molar-refractivity contribution in [3.63, 3.8) is 0 Å². The standard InChI is InChI=1S/C22H23ClN4O2/c1-26-8-7-17-3-2-16(10-18(17)14-26)6-9-27-22(28)11-21(13-25-27)29-15-20-5-4-19(23)12-24-20/h2-5,10-13H,6-9,14-15H2,1H3. The summed E-state index contributed by atoms with van der Waals surface area (Å²) in [5.74, 6) is 0.430.